The van der Waals surface area contributed by atoms with Crippen molar-refractivity contribution in [2.75, 3.05) is 20.2 Å². The number of rotatable bonds is 2. The van der Waals surface area contributed by atoms with Crippen molar-refractivity contribution in [1.29, 1.82) is 0 Å². The van der Waals surface area contributed by atoms with Crippen LogP contribution in [0.2, 0.25) is 0 Å². The molecule has 0 atom stereocenters. The second-order valence-corrected chi connectivity index (χ2v) is 4.45. The number of benzene rings is 1. The minimum Gasteiger partial charge on any atom is -0.507 e. The molecule has 2 rings (SSSR count). The predicted octanol–water partition coefficient (Wildman–Crippen LogP) is 2.19. The molecule has 4 heteroatoms. The van der Waals surface area contributed by atoms with Crippen LogP contribution in [0.25, 0.3) is 0 Å². The van der Waals surface area contributed by atoms with Crippen LogP contribution in [-0.4, -0.2) is 36.1 Å². The topological polar surface area (TPSA) is 49.8 Å². The van der Waals surface area contributed by atoms with Crippen LogP contribution in [0.15, 0.2) is 29.8 Å². The summed E-state index contributed by atoms with van der Waals surface area (Å²) in [4.78, 5) is 14.0. The number of hydrogen-bond donors (Lipinski definition) is 1. The number of amides is 1. The Morgan fingerprint density at radius 2 is 2.22 bits per heavy atom. The van der Waals surface area contributed by atoms with Gasteiger partial charge in [0.25, 0.3) is 5.91 Å². The zero-order valence-corrected chi connectivity index (χ0v) is 10.6. The van der Waals surface area contributed by atoms with Gasteiger partial charge in [0.1, 0.15) is 11.5 Å². The lowest BCUT2D eigenvalue weighted by atomic mass is 10.1. The molecule has 0 unspecified atom stereocenters. The summed E-state index contributed by atoms with van der Waals surface area (Å²) in [5, 5.41) is 9.85. The predicted molar refractivity (Wildman–Crippen MR) is 68.9 cm³/mol. The summed E-state index contributed by atoms with van der Waals surface area (Å²) >= 11 is 0. The average molecular weight is 247 g/mol. The maximum Gasteiger partial charge on any atom is 0.257 e. The van der Waals surface area contributed by atoms with Crippen molar-refractivity contribution in [1.82, 2.24) is 4.90 Å². The number of phenols is 1. The Morgan fingerprint density at radius 1 is 1.44 bits per heavy atom. The highest BCUT2D eigenvalue weighted by Crippen LogP contribution is 2.25. The van der Waals surface area contributed by atoms with Gasteiger partial charge in [-0.05, 0) is 25.5 Å². The van der Waals surface area contributed by atoms with Crippen molar-refractivity contribution in [2.45, 2.75) is 13.3 Å². The third kappa shape index (κ3) is 2.47. The van der Waals surface area contributed by atoms with Gasteiger partial charge in [-0.25, -0.2) is 0 Å². The molecule has 4 nitrogen and oxygen atoms in total. The molecule has 0 aromatic heterocycles. The van der Waals surface area contributed by atoms with Crippen LogP contribution in [-0.2, 0) is 0 Å². The van der Waals surface area contributed by atoms with Gasteiger partial charge < -0.3 is 14.7 Å². The highest BCUT2D eigenvalue weighted by Gasteiger charge is 2.20. The van der Waals surface area contributed by atoms with Crippen molar-refractivity contribution in [2.24, 2.45) is 0 Å². The lowest BCUT2D eigenvalue weighted by Crippen LogP contribution is -2.35. The number of hydrogen-bond acceptors (Lipinski definition) is 3. The quantitative estimate of drug-likeness (QED) is 0.815. The summed E-state index contributed by atoms with van der Waals surface area (Å²) < 4.78 is 5.00. The van der Waals surface area contributed by atoms with E-state index in [1.165, 1.54) is 18.7 Å². The van der Waals surface area contributed by atoms with Crippen LogP contribution in [0.3, 0.4) is 0 Å². The van der Waals surface area contributed by atoms with E-state index in [1.54, 1.807) is 17.0 Å². The molecule has 0 bridgehead atoms. The fourth-order valence-electron chi connectivity index (χ4n) is 2.07. The van der Waals surface area contributed by atoms with E-state index in [0.717, 1.165) is 6.42 Å². The van der Waals surface area contributed by atoms with Crippen LogP contribution < -0.4 is 4.74 Å². The molecule has 0 aliphatic carbocycles. The molecule has 1 aliphatic rings. The first-order chi connectivity index (χ1) is 8.61. The Balaban J connectivity index is 2.21. The number of methoxy groups -OCH3 is 1. The molecule has 1 aromatic carbocycles. The Hall–Kier alpha value is -1.97. The van der Waals surface area contributed by atoms with Gasteiger partial charge in [0.05, 0.1) is 12.7 Å². The van der Waals surface area contributed by atoms with Crippen LogP contribution in [0.1, 0.15) is 23.7 Å². The molecule has 0 saturated heterocycles. The molecule has 0 spiro atoms. The number of carbonyl (C=O) groups is 1. The maximum atomic E-state index is 12.3. The van der Waals surface area contributed by atoms with Gasteiger partial charge in [-0.15, -0.1) is 0 Å². The molecule has 18 heavy (non-hydrogen) atoms. The highest BCUT2D eigenvalue weighted by molar-refractivity contribution is 5.97. The SMILES string of the molecule is COc1ccc(C(=O)N2CCC=C(C)C2)c(O)c1. The second-order valence-electron chi connectivity index (χ2n) is 4.45. The largest absolute Gasteiger partial charge is 0.507 e. The Bertz CT molecular complexity index is 494. The number of phenolic OH excluding ortho intramolecular Hbond substituents is 1. The molecule has 0 saturated carbocycles. The Labute approximate surface area is 106 Å². The van der Waals surface area contributed by atoms with Crippen LogP contribution in [0.4, 0.5) is 0 Å². The van der Waals surface area contributed by atoms with E-state index >= 15 is 0 Å². The highest BCUT2D eigenvalue weighted by atomic mass is 16.5. The van der Waals surface area contributed by atoms with Gasteiger partial charge >= 0.3 is 0 Å². The number of ether oxygens (including phenoxy) is 1. The van der Waals surface area contributed by atoms with Gasteiger partial charge in [0.2, 0.25) is 0 Å². The molecule has 1 aliphatic heterocycles. The molecule has 0 fully saturated rings. The maximum absolute atomic E-state index is 12.3. The van der Waals surface area contributed by atoms with E-state index in [4.69, 9.17) is 4.74 Å². The van der Waals surface area contributed by atoms with Gasteiger partial charge in [-0.1, -0.05) is 11.6 Å². The molecule has 96 valence electrons. The van der Waals surface area contributed by atoms with Gasteiger partial charge in [0.15, 0.2) is 0 Å². The van der Waals surface area contributed by atoms with Crippen molar-refractivity contribution in [3.8, 4) is 11.5 Å². The minimum absolute atomic E-state index is 0.0356. The first-order valence-corrected chi connectivity index (χ1v) is 5.93. The summed E-state index contributed by atoms with van der Waals surface area (Å²) in [5.41, 5.74) is 1.51. The smallest absolute Gasteiger partial charge is 0.257 e. The Morgan fingerprint density at radius 3 is 2.83 bits per heavy atom. The normalized spacial score (nSPS) is 15.2. The van der Waals surface area contributed by atoms with E-state index in [9.17, 15) is 9.90 Å². The average Bonchev–Trinajstić information content (AvgIpc) is 2.37. The van der Waals surface area contributed by atoms with Gasteiger partial charge in [0, 0.05) is 19.2 Å². The fourth-order valence-corrected chi connectivity index (χ4v) is 2.07. The molecular formula is C14H17NO3. The zero-order chi connectivity index (χ0) is 13.1. The van der Waals surface area contributed by atoms with E-state index < -0.39 is 0 Å². The summed E-state index contributed by atoms with van der Waals surface area (Å²) in [6.45, 7) is 3.33. The van der Waals surface area contributed by atoms with Crippen LogP contribution in [0.5, 0.6) is 11.5 Å². The Kier molecular flexibility index (Phi) is 3.55. The summed E-state index contributed by atoms with van der Waals surface area (Å²) in [5.74, 6) is 0.368. The molecule has 1 heterocycles. The molecule has 1 aromatic rings. The third-order valence-electron chi connectivity index (χ3n) is 3.05. The van der Waals surface area contributed by atoms with Crippen molar-refractivity contribution in [3.05, 3.63) is 35.4 Å². The van der Waals surface area contributed by atoms with Crippen molar-refractivity contribution in [3.63, 3.8) is 0 Å². The van der Waals surface area contributed by atoms with E-state index in [1.807, 2.05) is 6.92 Å². The van der Waals surface area contributed by atoms with Gasteiger partial charge in [-0.3, -0.25) is 4.79 Å². The summed E-state index contributed by atoms with van der Waals surface area (Å²) in [7, 11) is 1.52. The standard InChI is InChI=1S/C14H17NO3/c1-10-4-3-7-15(9-10)14(17)12-6-5-11(18-2)8-13(12)16/h4-6,8,16H,3,7,9H2,1-2H3. The molecule has 1 amide bonds. The fraction of sp³-hybridized carbons (Fsp3) is 0.357. The van der Waals surface area contributed by atoms with E-state index in [-0.39, 0.29) is 11.7 Å². The monoisotopic (exact) mass is 247 g/mol. The third-order valence-corrected chi connectivity index (χ3v) is 3.05. The summed E-state index contributed by atoms with van der Waals surface area (Å²) in [6, 6.07) is 4.74. The lowest BCUT2D eigenvalue weighted by molar-refractivity contribution is 0.0763. The zero-order valence-electron chi connectivity index (χ0n) is 10.6. The van der Waals surface area contributed by atoms with Crippen LogP contribution >= 0.6 is 0 Å². The first-order valence-electron chi connectivity index (χ1n) is 5.93. The second kappa shape index (κ2) is 5.12. The molecule has 1 N–H and O–H groups in total. The van der Waals surface area contributed by atoms with E-state index in [2.05, 4.69) is 6.08 Å². The number of carbonyl (C=O) groups excluding carboxylic acids is 1. The number of aromatic hydroxyl groups is 1. The molecule has 0 radical (unpaired) electrons. The van der Waals surface area contributed by atoms with Gasteiger partial charge in [-0.2, -0.15) is 0 Å². The molecular weight excluding hydrogens is 230 g/mol. The van der Waals surface area contributed by atoms with E-state index in [0.29, 0.717) is 24.4 Å². The first kappa shape index (κ1) is 12.5. The van der Waals surface area contributed by atoms with Crippen molar-refractivity contribution < 1.29 is 14.6 Å². The minimum atomic E-state index is -0.136. The van der Waals surface area contributed by atoms with Crippen molar-refractivity contribution >= 4 is 5.91 Å². The summed E-state index contributed by atoms with van der Waals surface area (Å²) in [6.07, 6.45) is 3.01. The lowest BCUT2D eigenvalue weighted by Gasteiger charge is -2.26. The number of nitrogens with zero attached hydrogens (tertiary/aromatic N) is 1. The van der Waals surface area contributed by atoms with Crippen LogP contribution in [0, 0.1) is 0 Å².